The molecule has 0 unspecified atom stereocenters. The van der Waals surface area contributed by atoms with Crippen LogP contribution in [0.1, 0.15) is 30.9 Å². The minimum atomic E-state index is -4.63. The predicted molar refractivity (Wildman–Crippen MR) is 145 cm³/mol. The van der Waals surface area contributed by atoms with Crippen molar-refractivity contribution in [2.24, 2.45) is 0 Å². The summed E-state index contributed by atoms with van der Waals surface area (Å²) >= 11 is 0. The molecular formula is C29H33F4N5O2. The number of halogens is 4. The zero-order valence-electron chi connectivity index (χ0n) is 22.9. The van der Waals surface area contributed by atoms with Gasteiger partial charge in [-0.25, -0.2) is 9.37 Å². The monoisotopic (exact) mass is 559 g/mol. The maximum absolute atomic E-state index is 14.7. The number of pyridine rings is 2. The van der Waals surface area contributed by atoms with Gasteiger partial charge in [-0.05, 0) is 75.8 Å². The van der Waals surface area contributed by atoms with E-state index in [1.165, 1.54) is 7.11 Å². The largest absolute Gasteiger partial charge is 0.481 e. The van der Waals surface area contributed by atoms with Crippen molar-refractivity contribution in [3.63, 3.8) is 0 Å². The molecule has 1 fully saturated rings. The van der Waals surface area contributed by atoms with Crippen LogP contribution in [0.3, 0.4) is 0 Å². The van der Waals surface area contributed by atoms with Crippen molar-refractivity contribution in [1.29, 1.82) is 0 Å². The van der Waals surface area contributed by atoms with Crippen LogP contribution in [0.4, 0.5) is 23.2 Å². The fourth-order valence-electron chi connectivity index (χ4n) is 5.26. The number of likely N-dealkylation sites (N-methyl/N-ethyl adjacent to an activating group) is 1. The van der Waals surface area contributed by atoms with E-state index in [9.17, 15) is 22.4 Å². The fraction of sp³-hybridized carbons (Fsp3) is 0.414. The Morgan fingerprint density at radius 3 is 2.45 bits per heavy atom. The molecule has 0 aliphatic carbocycles. The summed E-state index contributed by atoms with van der Waals surface area (Å²) in [6, 6.07) is 9.72. The molecule has 0 spiro atoms. The lowest BCUT2D eigenvalue weighted by Gasteiger charge is -2.42. The lowest BCUT2D eigenvalue weighted by Crippen LogP contribution is -2.54. The molecule has 1 aromatic carbocycles. The SMILES string of the molecule is COc1ncccc1-c1ccc(C2(C(=O)N[C@@H](C)CN(C)C)CCN(c3ccc(C(F)(F)F)cc3F)CC2)cn1. The van der Waals surface area contributed by atoms with Crippen LogP contribution < -0.4 is 15.0 Å². The average Bonchev–Trinajstić information content (AvgIpc) is 2.92. The number of nitrogens with zero attached hydrogens (tertiary/aromatic N) is 4. The van der Waals surface area contributed by atoms with Crippen molar-refractivity contribution in [3.05, 3.63) is 71.8 Å². The number of carbonyl (C=O) groups excluding carboxylic acids is 1. The van der Waals surface area contributed by atoms with E-state index >= 15 is 0 Å². The second kappa shape index (κ2) is 11.8. The second-order valence-electron chi connectivity index (χ2n) is 10.4. The molecule has 2 aromatic heterocycles. The first-order chi connectivity index (χ1) is 18.9. The zero-order valence-corrected chi connectivity index (χ0v) is 22.9. The number of carbonyl (C=O) groups is 1. The molecule has 4 rings (SSSR count). The molecular weight excluding hydrogens is 526 g/mol. The van der Waals surface area contributed by atoms with Gasteiger partial charge in [0.25, 0.3) is 0 Å². The van der Waals surface area contributed by atoms with E-state index in [0.29, 0.717) is 48.2 Å². The highest BCUT2D eigenvalue weighted by Crippen LogP contribution is 2.40. The van der Waals surface area contributed by atoms with Crippen LogP contribution >= 0.6 is 0 Å². The Bertz CT molecular complexity index is 1320. The minimum absolute atomic E-state index is 0.0835. The summed E-state index contributed by atoms with van der Waals surface area (Å²) in [4.78, 5) is 26.3. The quantitative estimate of drug-likeness (QED) is 0.396. The topological polar surface area (TPSA) is 70.6 Å². The smallest absolute Gasteiger partial charge is 0.416 e. The number of anilines is 1. The Hall–Kier alpha value is -3.73. The van der Waals surface area contributed by atoms with Crippen molar-refractivity contribution in [1.82, 2.24) is 20.2 Å². The number of amides is 1. The van der Waals surface area contributed by atoms with Crippen molar-refractivity contribution < 1.29 is 27.1 Å². The van der Waals surface area contributed by atoms with Gasteiger partial charge in [0.2, 0.25) is 11.8 Å². The van der Waals surface area contributed by atoms with Crippen molar-refractivity contribution in [2.75, 3.05) is 45.7 Å². The van der Waals surface area contributed by atoms with Crippen LogP contribution in [0.15, 0.2) is 54.9 Å². The standard InChI is InChI=1S/C29H33F4N5O2/c1-19(18-37(2)3)36-27(39)28(21-7-9-24(35-17-21)22-6-5-13-34-26(22)40-4)11-14-38(15-12-28)25-10-8-20(16-23(25)30)29(31,32)33/h5-10,13,16-17,19H,11-12,14-15,18H2,1-4H3,(H,36,39)/t19-/m0/s1. The number of alkyl halides is 3. The van der Waals surface area contributed by atoms with Crippen molar-refractivity contribution in [3.8, 4) is 17.1 Å². The molecule has 3 heterocycles. The summed E-state index contributed by atoms with van der Waals surface area (Å²) in [7, 11) is 5.37. The summed E-state index contributed by atoms with van der Waals surface area (Å²) in [6.45, 7) is 3.11. The molecule has 1 saturated heterocycles. The van der Waals surface area contributed by atoms with Crippen LogP contribution in [0.5, 0.6) is 5.88 Å². The number of ether oxygens (including phenoxy) is 1. The summed E-state index contributed by atoms with van der Waals surface area (Å²) in [5, 5.41) is 3.12. The molecule has 1 aliphatic rings. The summed E-state index contributed by atoms with van der Waals surface area (Å²) in [6.07, 6.45) is -0.683. The van der Waals surface area contributed by atoms with E-state index in [-0.39, 0.29) is 30.7 Å². The van der Waals surface area contributed by atoms with Crippen LogP contribution in [-0.2, 0) is 16.4 Å². The van der Waals surface area contributed by atoms with Crippen LogP contribution in [0.2, 0.25) is 0 Å². The lowest BCUT2D eigenvalue weighted by molar-refractivity contribution is -0.137. The van der Waals surface area contributed by atoms with E-state index in [2.05, 4.69) is 15.3 Å². The number of rotatable bonds is 8. The summed E-state index contributed by atoms with van der Waals surface area (Å²) in [5.41, 5.74) is 0.146. The molecule has 214 valence electrons. The number of piperidine rings is 1. The number of hydrogen-bond acceptors (Lipinski definition) is 6. The third-order valence-electron chi connectivity index (χ3n) is 7.24. The fourth-order valence-corrected chi connectivity index (χ4v) is 5.26. The van der Waals surface area contributed by atoms with Gasteiger partial charge < -0.3 is 19.9 Å². The summed E-state index contributed by atoms with van der Waals surface area (Å²) < 4.78 is 59.2. The molecule has 40 heavy (non-hydrogen) atoms. The molecule has 1 atom stereocenters. The normalized spacial score (nSPS) is 16.1. The van der Waals surface area contributed by atoms with Gasteiger partial charge in [-0.3, -0.25) is 9.78 Å². The van der Waals surface area contributed by atoms with Crippen molar-refractivity contribution >= 4 is 11.6 Å². The zero-order chi connectivity index (χ0) is 29.1. The minimum Gasteiger partial charge on any atom is -0.481 e. The predicted octanol–water partition coefficient (Wildman–Crippen LogP) is 4.91. The molecule has 1 N–H and O–H groups in total. The molecule has 0 radical (unpaired) electrons. The molecule has 0 bridgehead atoms. The highest BCUT2D eigenvalue weighted by Gasteiger charge is 2.44. The van der Waals surface area contributed by atoms with E-state index in [1.807, 2.05) is 44.1 Å². The van der Waals surface area contributed by atoms with E-state index in [0.717, 1.165) is 12.1 Å². The number of methoxy groups -OCH3 is 1. The Labute approximate surface area is 231 Å². The first-order valence-corrected chi connectivity index (χ1v) is 13.0. The van der Waals surface area contributed by atoms with Gasteiger partial charge in [0.1, 0.15) is 5.82 Å². The van der Waals surface area contributed by atoms with Gasteiger partial charge in [0, 0.05) is 38.1 Å². The van der Waals surface area contributed by atoms with Crippen LogP contribution in [0, 0.1) is 5.82 Å². The van der Waals surface area contributed by atoms with Crippen LogP contribution in [-0.4, -0.2) is 67.7 Å². The Morgan fingerprint density at radius 2 is 1.88 bits per heavy atom. The molecule has 11 heteroatoms. The molecule has 1 aliphatic heterocycles. The van der Waals surface area contributed by atoms with Gasteiger partial charge in [0.05, 0.1) is 35.0 Å². The van der Waals surface area contributed by atoms with Crippen molar-refractivity contribution in [2.45, 2.75) is 37.4 Å². The van der Waals surface area contributed by atoms with Gasteiger partial charge in [-0.2, -0.15) is 13.2 Å². The molecule has 1 amide bonds. The number of hydrogen-bond donors (Lipinski definition) is 1. The highest BCUT2D eigenvalue weighted by molar-refractivity contribution is 5.89. The van der Waals surface area contributed by atoms with E-state index in [4.69, 9.17) is 4.74 Å². The van der Waals surface area contributed by atoms with Gasteiger partial charge in [0.15, 0.2) is 0 Å². The third-order valence-corrected chi connectivity index (χ3v) is 7.24. The first kappa shape index (κ1) is 29.3. The Balaban J connectivity index is 1.63. The van der Waals surface area contributed by atoms with Gasteiger partial charge >= 0.3 is 6.18 Å². The maximum atomic E-state index is 14.7. The first-order valence-electron chi connectivity index (χ1n) is 13.0. The van der Waals surface area contributed by atoms with E-state index in [1.54, 1.807) is 23.4 Å². The van der Waals surface area contributed by atoms with E-state index < -0.39 is 23.0 Å². The molecule has 0 saturated carbocycles. The Kier molecular flexibility index (Phi) is 8.62. The van der Waals surface area contributed by atoms with Gasteiger partial charge in [-0.15, -0.1) is 0 Å². The Morgan fingerprint density at radius 1 is 1.15 bits per heavy atom. The number of aromatic nitrogens is 2. The molecule has 3 aromatic rings. The second-order valence-corrected chi connectivity index (χ2v) is 10.4. The summed E-state index contributed by atoms with van der Waals surface area (Å²) in [5.74, 6) is -0.676. The third kappa shape index (κ3) is 6.19. The highest BCUT2D eigenvalue weighted by atomic mass is 19.4. The molecule has 7 nitrogen and oxygen atoms in total. The number of nitrogens with one attached hydrogen (secondary N) is 1. The van der Waals surface area contributed by atoms with Crippen LogP contribution in [0.25, 0.3) is 11.3 Å². The maximum Gasteiger partial charge on any atom is 0.416 e. The average molecular weight is 560 g/mol. The van der Waals surface area contributed by atoms with Gasteiger partial charge in [-0.1, -0.05) is 6.07 Å². The number of benzene rings is 1. The lowest BCUT2D eigenvalue weighted by atomic mass is 9.72.